The van der Waals surface area contributed by atoms with Gasteiger partial charge in [-0.15, -0.1) is 0 Å². The second-order valence-corrected chi connectivity index (χ2v) is 4.90. The predicted molar refractivity (Wildman–Crippen MR) is 73.6 cm³/mol. The molecule has 0 amide bonds. The van der Waals surface area contributed by atoms with Crippen molar-refractivity contribution < 1.29 is 0 Å². The van der Waals surface area contributed by atoms with Gasteiger partial charge in [0.15, 0.2) is 0 Å². The van der Waals surface area contributed by atoms with Gasteiger partial charge >= 0.3 is 0 Å². The number of nitrogen functional groups attached to an aromatic ring is 1. The lowest BCUT2D eigenvalue weighted by molar-refractivity contribution is 0.876. The van der Waals surface area contributed by atoms with Gasteiger partial charge in [0, 0.05) is 13.1 Å². The molecule has 3 nitrogen and oxygen atoms in total. The van der Waals surface area contributed by atoms with Crippen LogP contribution in [0.2, 0.25) is 0 Å². The zero-order chi connectivity index (χ0) is 12.7. The summed E-state index contributed by atoms with van der Waals surface area (Å²) in [5.41, 5.74) is 10.6. The number of hydrogen-bond acceptors (Lipinski definition) is 2. The van der Waals surface area contributed by atoms with E-state index in [9.17, 15) is 4.79 Å². The average molecular weight is 240 g/mol. The molecule has 92 valence electrons. The third kappa shape index (κ3) is 1.72. The van der Waals surface area contributed by atoms with Crippen molar-refractivity contribution >= 4 is 5.82 Å². The van der Waals surface area contributed by atoms with Gasteiger partial charge in [0.25, 0.3) is 5.56 Å². The SMILES string of the molecule is Cn1c(N)cc(-c2ccc3c(c2)CCC3)cc1=O. The Kier molecular flexibility index (Phi) is 2.47. The molecule has 1 aromatic heterocycles. The summed E-state index contributed by atoms with van der Waals surface area (Å²) in [6.45, 7) is 0. The number of nitrogens with two attached hydrogens (primary N) is 1. The van der Waals surface area contributed by atoms with Crippen LogP contribution in [0, 0.1) is 0 Å². The van der Waals surface area contributed by atoms with Gasteiger partial charge in [-0.05, 0) is 47.6 Å². The molecule has 1 aliphatic rings. The van der Waals surface area contributed by atoms with Crippen molar-refractivity contribution in [3.63, 3.8) is 0 Å². The Morgan fingerprint density at radius 2 is 1.83 bits per heavy atom. The van der Waals surface area contributed by atoms with Gasteiger partial charge in [0.05, 0.1) is 0 Å². The predicted octanol–water partition coefficient (Wildman–Crippen LogP) is 2.12. The Hall–Kier alpha value is -2.03. The summed E-state index contributed by atoms with van der Waals surface area (Å²) in [6, 6.07) is 9.95. The van der Waals surface area contributed by atoms with Crippen LogP contribution < -0.4 is 11.3 Å². The van der Waals surface area contributed by atoms with E-state index in [0.717, 1.165) is 17.5 Å². The maximum absolute atomic E-state index is 11.8. The minimum atomic E-state index is -0.0644. The van der Waals surface area contributed by atoms with E-state index in [1.807, 2.05) is 6.07 Å². The highest BCUT2D eigenvalue weighted by atomic mass is 16.1. The van der Waals surface area contributed by atoms with Crippen molar-refractivity contribution in [2.75, 3.05) is 5.73 Å². The summed E-state index contributed by atoms with van der Waals surface area (Å²) in [5.74, 6) is 0.498. The summed E-state index contributed by atoms with van der Waals surface area (Å²) in [6.07, 6.45) is 3.55. The van der Waals surface area contributed by atoms with Crippen LogP contribution in [0.25, 0.3) is 11.1 Å². The van der Waals surface area contributed by atoms with E-state index in [4.69, 9.17) is 5.73 Å². The summed E-state index contributed by atoms with van der Waals surface area (Å²) in [4.78, 5) is 11.8. The molecule has 2 N–H and O–H groups in total. The van der Waals surface area contributed by atoms with Crippen LogP contribution in [0.5, 0.6) is 0 Å². The summed E-state index contributed by atoms with van der Waals surface area (Å²) in [5, 5.41) is 0. The molecule has 0 atom stereocenters. The molecule has 1 aromatic carbocycles. The van der Waals surface area contributed by atoms with E-state index in [1.165, 1.54) is 28.5 Å². The monoisotopic (exact) mass is 240 g/mol. The first-order valence-corrected chi connectivity index (χ1v) is 6.24. The van der Waals surface area contributed by atoms with E-state index < -0.39 is 0 Å². The van der Waals surface area contributed by atoms with Gasteiger partial charge in [0.1, 0.15) is 5.82 Å². The molecule has 1 heterocycles. The van der Waals surface area contributed by atoms with Crippen LogP contribution >= 0.6 is 0 Å². The van der Waals surface area contributed by atoms with E-state index in [-0.39, 0.29) is 5.56 Å². The fourth-order valence-electron chi connectivity index (χ4n) is 2.57. The maximum atomic E-state index is 11.8. The molecule has 0 unspecified atom stereocenters. The molecule has 3 heteroatoms. The van der Waals surface area contributed by atoms with E-state index in [1.54, 1.807) is 13.1 Å². The van der Waals surface area contributed by atoms with Gasteiger partial charge in [-0.2, -0.15) is 0 Å². The zero-order valence-corrected chi connectivity index (χ0v) is 10.4. The lowest BCUT2D eigenvalue weighted by Gasteiger charge is -2.08. The summed E-state index contributed by atoms with van der Waals surface area (Å²) < 4.78 is 1.46. The second kappa shape index (κ2) is 4.02. The highest BCUT2D eigenvalue weighted by Gasteiger charge is 2.12. The Morgan fingerprint density at radius 3 is 2.61 bits per heavy atom. The first kappa shape index (κ1) is 11.1. The molecule has 1 aliphatic carbocycles. The molecular weight excluding hydrogens is 224 g/mol. The van der Waals surface area contributed by atoms with E-state index in [0.29, 0.717) is 5.82 Å². The van der Waals surface area contributed by atoms with Crippen LogP contribution in [-0.4, -0.2) is 4.57 Å². The molecule has 0 fully saturated rings. The fourth-order valence-corrected chi connectivity index (χ4v) is 2.57. The van der Waals surface area contributed by atoms with Crippen LogP contribution in [0.1, 0.15) is 17.5 Å². The number of benzene rings is 1. The highest BCUT2D eigenvalue weighted by Crippen LogP contribution is 2.28. The lowest BCUT2D eigenvalue weighted by atomic mass is 10.0. The normalized spacial score (nSPS) is 13.6. The van der Waals surface area contributed by atoms with Gasteiger partial charge in [0.2, 0.25) is 0 Å². The number of pyridine rings is 1. The molecule has 0 radical (unpaired) electrons. The van der Waals surface area contributed by atoms with Crippen molar-refractivity contribution in [2.45, 2.75) is 19.3 Å². The van der Waals surface area contributed by atoms with Crippen molar-refractivity contribution in [1.82, 2.24) is 4.57 Å². The van der Waals surface area contributed by atoms with Gasteiger partial charge in [-0.3, -0.25) is 9.36 Å². The maximum Gasteiger partial charge on any atom is 0.252 e. The Morgan fingerprint density at radius 1 is 1.06 bits per heavy atom. The van der Waals surface area contributed by atoms with Crippen molar-refractivity contribution in [1.29, 1.82) is 0 Å². The van der Waals surface area contributed by atoms with Gasteiger partial charge in [-0.1, -0.05) is 18.2 Å². The first-order chi connectivity index (χ1) is 8.65. The number of nitrogens with zero attached hydrogens (tertiary/aromatic N) is 1. The molecule has 0 bridgehead atoms. The Labute approximate surface area is 106 Å². The van der Waals surface area contributed by atoms with E-state index >= 15 is 0 Å². The van der Waals surface area contributed by atoms with Crippen molar-refractivity contribution in [2.24, 2.45) is 7.05 Å². The van der Waals surface area contributed by atoms with Gasteiger partial charge < -0.3 is 5.73 Å². The molecule has 2 aromatic rings. The Bertz CT molecular complexity index is 671. The smallest absolute Gasteiger partial charge is 0.252 e. The molecular formula is C15H16N2O. The highest BCUT2D eigenvalue weighted by molar-refractivity contribution is 5.67. The molecule has 0 spiro atoms. The van der Waals surface area contributed by atoms with Crippen LogP contribution in [0.3, 0.4) is 0 Å². The molecule has 3 rings (SSSR count). The van der Waals surface area contributed by atoms with Crippen molar-refractivity contribution in [3.05, 3.63) is 51.8 Å². The largest absolute Gasteiger partial charge is 0.385 e. The number of anilines is 1. The summed E-state index contributed by atoms with van der Waals surface area (Å²) in [7, 11) is 1.68. The number of aryl methyl sites for hydroxylation is 2. The molecule has 0 saturated carbocycles. The quantitative estimate of drug-likeness (QED) is 0.830. The standard InChI is InChI=1S/C15H16N2O/c1-17-14(16)8-13(9-15(17)18)12-6-5-10-3-2-4-11(10)7-12/h5-9H,2-4,16H2,1H3. The minimum absolute atomic E-state index is 0.0644. The van der Waals surface area contributed by atoms with Crippen LogP contribution in [-0.2, 0) is 19.9 Å². The average Bonchev–Trinajstić information content (AvgIpc) is 2.82. The fraction of sp³-hybridized carbons (Fsp3) is 0.267. The van der Waals surface area contributed by atoms with Crippen LogP contribution in [0.15, 0.2) is 35.1 Å². The Balaban J connectivity index is 2.13. The third-order valence-corrected chi connectivity index (χ3v) is 3.73. The summed E-state index contributed by atoms with van der Waals surface area (Å²) >= 11 is 0. The van der Waals surface area contributed by atoms with E-state index in [2.05, 4.69) is 18.2 Å². The zero-order valence-electron chi connectivity index (χ0n) is 10.4. The minimum Gasteiger partial charge on any atom is -0.385 e. The molecule has 0 aliphatic heterocycles. The molecule has 0 saturated heterocycles. The number of rotatable bonds is 1. The third-order valence-electron chi connectivity index (χ3n) is 3.73. The number of aromatic nitrogens is 1. The first-order valence-electron chi connectivity index (χ1n) is 6.24. The van der Waals surface area contributed by atoms with Crippen molar-refractivity contribution in [3.8, 4) is 11.1 Å². The lowest BCUT2D eigenvalue weighted by Crippen LogP contribution is -2.18. The molecule has 18 heavy (non-hydrogen) atoms. The topological polar surface area (TPSA) is 48.0 Å². The number of hydrogen-bond donors (Lipinski definition) is 1. The number of fused-ring (bicyclic) bond motifs is 1. The van der Waals surface area contributed by atoms with Gasteiger partial charge in [-0.25, -0.2) is 0 Å². The second-order valence-electron chi connectivity index (χ2n) is 4.90. The van der Waals surface area contributed by atoms with Crippen LogP contribution in [0.4, 0.5) is 5.82 Å².